The van der Waals surface area contributed by atoms with Gasteiger partial charge in [0.15, 0.2) is 0 Å². The van der Waals surface area contributed by atoms with Crippen molar-refractivity contribution >= 4 is 23.3 Å². The van der Waals surface area contributed by atoms with E-state index in [2.05, 4.69) is 5.32 Å². The molecule has 0 aliphatic carbocycles. The Labute approximate surface area is 128 Å². The molecule has 0 aliphatic rings. The Balaban J connectivity index is 2.38. The van der Waals surface area contributed by atoms with Gasteiger partial charge in [0.05, 0.1) is 25.3 Å². The van der Waals surface area contributed by atoms with Gasteiger partial charge in [0, 0.05) is 11.4 Å². The van der Waals surface area contributed by atoms with Crippen molar-refractivity contribution in [2.75, 3.05) is 19.5 Å². The summed E-state index contributed by atoms with van der Waals surface area (Å²) in [6.07, 6.45) is 0. The number of carbonyl (C=O) groups excluding carboxylic acids is 2. The first kappa shape index (κ1) is 15.6. The Bertz CT molecular complexity index is 658. The van der Waals surface area contributed by atoms with Crippen LogP contribution >= 0.6 is 0 Å². The summed E-state index contributed by atoms with van der Waals surface area (Å²) in [5.74, 6) is -1.03. The maximum absolute atomic E-state index is 11.7. The van der Waals surface area contributed by atoms with Gasteiger partial charge < -0.3 is 14.8 Å². The lowest BCUT2D eigenvalue weighted by Crippen LogP contribution is -2.07. The summed E-state index contributed by atoms with van der Waals surface area (Å²) < 4.78 is 9.41. The average Bonchev–Trinajstić information content (AvgIpc) is 2.55. The number of nitrogens with one attached hydrogen (secondary N) is 1. The van der Waals surface area contributed by atoms with Gasteiger partial charge in [-0.05, 0) is 37.3 Å². The van der Waals surface area contributed by atoms with Gasteiger partial charge in [0.1, 0.15) is 0 Å². The van der Waals surface area contributed by atoms with E-state index >= 15 is 0 Å². The number of carbonyl (C=O) groups is 2. The zero-order chi connectivity index (χ0) is 16.1. The van der Waals surface area contributed by atoms with Crippen molar-refractivity contribution in [3.05, 3.63) is 59.2 Å². The molecule has 0 aliphatic heterocycles. The van der Waals surface area contributed by atoms with Crippen molar-refractivity contribution in [3.63, 3.8) is 0 Å². The van der Waals surface area contributed by atoms with Crippen LogP contribution in [0.1, 0.15) is 26.3 Å². The predicted molar refractivity (Wildman–Crippen MR) is 83.6 cm³/mol. The van der Waals surface area contributed by atoms with Gasteiger partial charge in [-0.25, -0.2) is 9.59 Å². The second-order valence-electron chi connectivity index (χ2n) is 4.77. The minimum atomic E-state index is -0.516. The SMILES string of the molecule is COC(=O)c1cc(Nc2ccc(C)cc2)cc(C(=O)OC)c1. The van der Waals surface area contributed by atoms with E-state index < -0.39 is 11.9 Å². The summed E-state index contributed by atoms with van der Waals surface area (Å²) in [5.41, 5.74) is 3.15. The number of aryl methyl sites for hydroxylation is 1. The van der Waals surface area contributed by atoms with Crippen LogP contribution in [0.25, 0.3) is 0 Å². The summed E-state index contributed by atoms with van der Waals surface area (Å²) in [6, 6.07) is 12.4. The molecule has 0 aromatic heterocycles. The number of methoxy groups -OCH3 is 2. The van der Waals surface area contributed by atoms with Crippen LogP contribution in [0.15, 0.2) is 42.5 Å². The smallest absolute Gasteiger partial charge is 0.337 e. The van der Waals surface area contributed by atoms with Crippen molar-refractivity contribution in [1.29, 1.82) is 0 Å². The lowest BCUT2D eigenvalue weighted by molar-refractivity contribution is 0.0599. The highest BCUT2D eigenvalue weighted by atomic mass is 16.5. The number of esters is 2. The van der Waals surface area contributed by atoms with E-state index in [0.29, 0.717) is 5.69 Å². The molecule has 0 atom stereocenters. The highest BCUT2D eigenvalue weighted by Gasteiger charge is 2.13. The molecule has 0 spiro atoms. The summed E-state index contributed by atoms with van der Waals surface area (Å²) in [6.45, 7) is 2.00. The minimum absolute atomic E-state index is 0.278. The highest BCUT2D eigenvalue weighted by Crippen LogP contribution is 2.21. The molecule has 1 N–H and O–H groups in total. The maximum atomic E-state index is 11.7. The minimum Gasteiger partial charge on any atom is -0.465 e. The monoisotopic (exact) mass is 299 g/mol. The Hall–Kier alpha value is -2.82. The van der Waals surface area contributed by atoms with E-state index in [9.17, 15) is 9.59 Å². The van der Waals surface area contributed by atoms with Crippen LogP contribution in [0.3, 0.4) is 0 Å². The van der Waals surface area contributed by atoms with Gasteiger partial charge in [0.25, 0.3) is 0 Å². The first-order chi connectivity index (χ1) is 10.5. The summed E-state index contributed by atoms with van der Waals surface area (Å²) in [5, 5.41) is 3.15. The first-order valence-electron chi connectivity index (χ1n) is 6.69. The van der Waals surface area contributed by atoms with Gasteiger partial charge >= 0.3 is 11.9 Å². The fourth-order valence-electron chi connectivity index (χ4n) is 1.97. The van der Waals surface area contributed by atoms with E-state index in [1.165, 1.54) is 20.3 Å². The molecule has 0 unspecified atom stereocenters. The summed E-state index contributed by atoms with van der Waals surface area (Å²) in [4.78, 5) is 23.4. The second kappa shape index (κ2) is 6.76. The fourth-order valence-corrected chi connectivity index (χ4v) is 1.97. The van der Waals surface area contributed by atoms with Crippen molar-refractivity contribution in [1.82, 2.24) is 0 Å². The quantitative estimate of drug-likeness (QED) is 0.877. The molecule has 0 saturated heterocycles. The molecule has 114 valence electrons. The van der Waals surface area contributed by atoms with E-state index in [1.54, 1.807) is 12.1 Å². The molecule has 5 heteroatoms. The molecule has 22 heavy (non-hydrogen) atoms. The lowest BCUT2D eigenvalue weighted by Gasteiger charge is -2.10. The number of hydrogen-bond donors (Lipinski definition) is 1. The Morgan fingerprint density at radius 2 is 1.32 bits per heavy atom. The molecular formula is C17H17NO4. The van der Waals surface area contributed by atoms with E-state index in [0.717, 1.165) is 11.3 Å². The molecule has 0 radical (unpaired) electrons. The summed E-state index contributed by atoms with van der Waals surface area (Å²) in [7, 11) is 2.58. The van der Waals surface area contributed by atoms with E-state index in [1.807, 2.05) is 31.2 Å². The summed E-state index contributed by atoms with van der Waals surface area (Å²) >= 11 is 0. The molecule has 0 heterocycles. The van der Waals surface area contributed by atoms with Crippen molar-refractivity contribution in [2.45, 2.75) is 6.92 Å². The third kappa shape index (κ3) is 3.63. The van der Waals surface area contributed by atoms with Crippen LogP contribution in [0, 0.1) is 6.92 Å². The standard InChI is InChI=1S/C17H17NO4/c1-11-4-6-14(7-5-11)18-15-9-12(16(19)21-2)8-13(10-15)17(20)22-3/h4-10,18H,1-3H3. The van der Waals surface area contributed by atoms with Crippen molar-refractivity contribution in [2.24, 2.45) is 0 Å². The first-order valence-corrected chi connectivity index (χ1v) is 6.69. The number of anilines is 2. The molecule has 0 fully saturated rings. The van der Waals surface area contributed by atoms with Crippen molar-refractivity contribution < 1.29 is 19.1 Å². The predicted octanol–water partition coefficient (Wildman–Crippen LogP) is 3.31. The van der Waals surface area contributed by atoms with Crippen LogP contribution in [-0.2, 0) is 9.47 Å². The lowest BCUT2D eigenvalue weighted by atomic mass is 10.1. The zero-order valence-corrected chi connectivity index (χ0v) is 12.7. The Morgan fingerprint density at radius 3 is 1.77 bits per heavy atom. The zero-order valence-electron chi connectivity index (χ0n) is 12.7. The second-order valence-corrected chi connectivity index (χ2v) is 4.77. The van der Waals surface area contributed by atoms with Gasteiger partial charge in [0.2, 0.25) is 0 Å². The Morgan fingerprint density at radius 1 is 0.818 bits per heavy atom. The molecule has 0 saturated carbocycles. The van der Waals surface area contributed by atoms with Gasteiger partial charge in [-0.15, -0.1) is 0 Å². The van der Waals surface area contributed by atoms with Crippen LogP contribution < -0.4 is 5.32 Å². The normalized spacial score (nSPS) is 9.95. The van der Waals surface area contributed by atoms with Gasteiger partial charge in [-0.3, -0.25) is 0 Å². The van der Waals surface area contributed by atoms with Crippen LogP contribution in [0.2, 0.25) is 0 Å². The van der Waals surface area contributed by atoms with Crippen molar-refractivity contribution in [3.8, 4) is 0 Å². The molecule has 0 amide bonds. The average molecular weight is 299 g/mol. The maximum Gasteiger partial charge on any atom is 0.337 e. The van der Waals surface area contributed by atoms with Crippen LogP contribution in [0.4, 0.5) is 11.4 Å². The van der Waals surface area contributed by atoms with E-state index in [-0.39, 0.29) is 11.1 Å². The van der Waals surface area contributed by atoms with Gasteiger partial charge in [-0.1, -0.05) is 17.7 Å². The number of hydrogen-bond acceptors (Lipinski definition) is 5. The molecule has 2 rings (SSSR count). The molecular weight excluding hydrogens is 282 g/mol. The third-order valence-electron chi connectivity index (χ3n) is 3.12. The largest absolute Gasteiger partial charge is 0.465 e. The number of benzene rings is 2. The van der Waals surface area contributed by atoms with Gasteiger partial charge in [-0.2, -0.15) is 0 Å². The molecule has 2 aromatic carbocycles. The van der Waals surface area contributed by atoms with E-state index in [4.69, 9.17) is 9.47 Å². The Kier molecular flexibility index (Phi) is 4.78. The fraction of sp³-hybridized carbons (Fsp3) is 0.176. The molecule has 0 bridgehead atoms. The number of ether oxygens (including phenoxy) is 2. The topological polar surface area (TPSA) is 64.6 Å². The highest BCUT2D eigenvalue weighted by molar-refractivity contribution is 5.97. The molecule has 5 nitrogen and oxygen atoms in total. The number of rotatable bonds is 4. The van der Waals surface area contributed by atoms with Crippen LogP contribution in [-0.4, -0.2) is 26.2 Å². The molecule has 2 aromatic rings. The van der Waals surface area contributed by atoms with Crippen LogP contribution in [0.5, 0.6) is 0 Å². The third-order valence-corrected chi connectivity index (χ3v) is 3.12.